The second-order valence-corrected chi connectivity index (χ2v) is 7.91. The van der Waals surface area contributed by atoms with Crippen molar-refractivity contribution in [3.05, 3.63) is 59.7 Å². The molecule has 0 bridgehead atoms. The van der Waals surface area contributed by atoms with Crippen molar-refractivity contribution in [2.45, 2.75) is 30.9 Å². The smallest absolute Gasteiger partial charge is 0.407 e. The third kappa shape index (κ3) is 4.12. The second kappa shape index (κ2) is 8.24. The lowest BCUT2D eigenvalue weighted by molar-refractivity contribution is -0.140. The molecule has 0 saturated carbocycles. The standard InChI is InChI=1S/C21H19BrN2O5/c22-19-10-12(29-24-19)9-18(20(25)26)23-21(27)28-11-17-15-7-3-1-5-13(15)14-6-2-4-8-16(14)17/h1-8,12,17-18H,9-11H2,(H,23,27)(H,25,26)/t12?,18-/m1/s1. The van der Waals surface area contributed by atoms with Crippen LogP contribution in [-0.4, -0.2) is 40.5 Å². The van der Waals surface area contributed by atoms with E-state index in [0.717, 1.165) is 22.3 Å². The molecule has 0 spiro atoms. The maximum atomic E-state index is 12.3. The van der Waals surface area contributed by atoms with Crippen LogP contribution in [0.3, 0.4) is 0 Å². The van der Waals surface area contributed by atoms with Crippen LogP contribution in [0.15, 0.2) is 53.7 Å². The van der Waals surface area contributed by atoms with Crippen LogP contribution in [0.2, 0.25) is 0 Å². The first-order valence-corrected chi connectivity index (χ1v) is 10.0. The number of hydrogen-bond acceptors (Lipinski definition) is 5. The van der Waals surface area contributed by atoms with Crippen LogP contribution in [0.4, 0.5) is 4.79 Å². The van der Waals surface area contributed by atoms with Gasteiger partial charge in [-0.3, -0.25) is 0 Å². The molecule has 1 aliphatic carbocycles. The van der Waals surface area contributed by atoms with E-state index in [0.29, 0.717) is 11.0 Å². The number of aliphatic carboxylic acids is 1. The summed E-state index contributed by atoms with van der Waals surface area (Å²) < 4.78 is 6.03. The molecule has 1 unspecified atom stereocenters. The van der Waals surface area contributed by atoms with Crippen LogP contribution in [-0.2, 0) is 14.4 Å². The van der Waals surface area contributed by atoms with Crippen LogP contribution in [0.1, 0.15) is 29.9 Å². The summed E-state index contributed by atoms with van der Waals surface area (Å²) in [7, 11) is 0. The summed E-state index contributed by atoms with van der Waals surface area (Å²) in [6.45, 7) is 0.126. The molecule has 8 heteroatoms. The summed E-state index contributed by atoms with van der Waals surface area (Å²) in [4.78, 5) is 29.0. The number of amides is 1. The molecule has 2 atom stereocenters. The molecular weight excluding hydrogens is 440 g/mol. The van der Waals surface area contributed by atoms with Gasteiger partial charge in [-0.25, -0.2) is 9.59 Å². The zero-order valence-electron chi connectivity index (χ0n) is 15.4. The highest BCUT2D eigenvalue weighted by Gasteiger charge is 2.31. The largest absolute Gasteiger partial charge is 0.480 e. The zero-order chi connectivity index (χ0) is 20.4. The minimum atomic E-state index is -1.15. The predicted octanol–water partition coefficient (Wildman–Crippen LogP) is 3.87. The number of nitrogens with one attached hydrogen (secondary N) is 1. The van der Waals surface area contributed by atoms with Crippen LogP contribution in [0.25, 0.3) is 11.1 Å². The summed E-state index contributed by atoms with van der Waals surface area (Å²) in [5, 5.41) is 15.6. The number of nitrogens with zero attached hydrogens (tertiary/aromatic N) is 1. The van der Waals surface area contributed by atoms with E-state index in [9.17, 15) is 14.7 Å². The number of hydrogen-bond donors (Lipinski definition) is 2. The van der Waals surface area contributed by atoms with E-state index in [1.54, 1.807) is 0 Å². The van der Waals surface area contributed by atoms with Crippen molar-refractivity contribution in [3.63, 3.8) is 0 Å². The van der Waals surface area contributed by atoms with E-state index in [1.807, 2.05) is 36.4 Å². The van der Waals surface area contributed by atoms with E-state index in [4.69, 9.17) is 9.57 Å². The van der Waals surface area contributed by atoms with Crippen molar-refractivity contribution in [2.75, 3.05) is 6.61 Å². The molecule has 1 amide bonds. The lowest BCUT2D eigenvalue weighted by atomic mass is 9.98. The Labute approximate surface area is 175 Å². The molecule has 4 rings (SSSR count). The van der Waals surface area contributed by atoms with Gasteiger partial charge in [0.05, 0.1) is 0 Å². The van der Waals surface area contributed by atoms with E-state index >= 15 is 0 Å². The third-order valence-electron chi connectivity index (χ3n) is 5.13. The molecule has 0 fully saturated rings. The molecule has 2 N–H and O–H groups in total. The van der Waals surface area contributed by atoms with Crippen molar-refractivity contribution in [1.82, 2.24) is 5.32 Å². The van der Waals surface area contributed by atoms with Crippen molar-refractivity contribution in [3.8, 4) is 11.1 Å². The highest BCUT2D eigenvalue weighted by Crippen LogP contribution is 2.44. The molecule has 0 saturated heterocycles. The summed E-state index contributed by atoms with van der Waals surface area (Å²) in [6, 6.07) is 14.9. The third-order valence-corrected chi connectivity index (χ3v) is 5.60. The average Bonchev–Trinajstić information content (AvgIpc) is 3.27. The molecule has 150 valence electrons. The number of fused-ring (bicyclic) bond motifs is 3. The summed E-state index contributed by atoms with van der Waals surface area (Å²) in [6.07, 6.45) is -0.606. The Hall–Kier alpha value is -2.87. The number of carboxylic acids is 1. The second-order valence-electron chi connectivity index (χ2n) is 7.00. The minimum absolute atomic E-state index is 0.0843. The van der Waals surface area contributed by atoms with Gasteiger partial charge in [0.2, 0.25) is 0 Å². The number of carbonyl (C=O) groups is 2. The number of oxime groups is 1. The van der Waals surface area contributed by atoms with E-state index in [-0.39, 0.29) is 18.9 Å². The normalized spacial score (nSPS) is 18.2. The fraction of sp³-hybridized carbons (Fsp3) is 0.286. The lowest BCUT2D eigenvalue weighted by Crippen LogP contribution is -2.43. The van der Waals surface area contributed by atoms with Gasteiger partial charge >= 0.3 is 12.1 Å². The van der Waals surface area contributed by atoms with Gasteiger partial charge in [0.1, 0.15) is 23.4 Å². The molecular formula is C21H19BrN2O5. The van der Waals surface area contributed by atoms with Crippen LogP contribution < -0.4 is 5.32 Å². The minimum Gasteiger partial charge on any atom is -0.480 e. The Morgan fingerprint density at radius 3 is 2.34 bits per heavy atom. The van der Waals surface area contributed by atoms with Gasteiger partial charge in [-0.05, 0) is 38.2 Å². The zero-order valence-corrected chi connectivity index (χ0v) is 17.0. The number of carboxylic acid groups (broad SMARTS) is 1. The first-order valence-electron chi connectivity index (χ1n) is 9.25. The Morgan fingerprint density at radius 1 is 1.17 bits per heavy atom. The number of alkyl carbamates (subject to hydrolysis) is 1. The van der Waals surface area contributed by atoms with Gasteiger partial charge in [-0.2, -0.15) is 0 Å². The van der Waals surface area contributed by atoms with Gasteiger partial charge < -0.3 is 20.0 Å². The Balaban J connectivity index is 1.39. The van der Waals surface area contributed by atoms with Gasteiger partial charge in [-0.1, -0.05) is 53.7 Å². The Bertz CT molecular complexity index is 932. The van der Waals surface area contributed by atoms with Crippen molar-refractivity contribution in [1.29, 1.82) is 0 Å². The average molecular weight is 459 g/mol. The van der Waals surface area contributed by atoms with E-state index < -0.39 is 24.2 Å². The molecule has 0 radical (unpaired) electrons. The van der Waals surface area contributed by atoms with Crippen molar-refractivity contribution < 1.29 is 24.3 Å². The van der Waals surface area contributed by atoms with Crippen LogP contribution >= 0.6 is 15.9 Å². The van der Waals surface area contributed by atoms with Gasteiger partial charge in [-0.15, -0.1) is 0 Å². The maximum Gasteiger partial charge on any atom is 0.407 e. The fourth-order valence-corrected chi connectivity index (χ4v) is 4.23. The Morgan fingerprint density at radius 2 is 1.79 bits per heavy atom. The van der Waals surface area contributed by atoms with Crippen molar-refractivity contribution in [2.24, 2.45) is 5.16 Å². The highest BCUT2D eigenvalue weighted by molar-refractivity contribution is 9.18. The summed E-state index contributed by atoms with van der Waals surface area (Å²) >= 11 is 3.21. The SMILES string of the molecule is O=C(N[C@H](CC1CC(Br)=NO1)C(=O)O)OCC1c2ccccc2-c2ccccc21. The van der Waals surface area contributed by atoms with E-state index in [2.05, 4.69) is 38.5 Å². The molecule has 29 heavy (non-hydrogen) atoms. The molecule has 2 aromatic rings. The van der Waals surface area contributed by atoms with E-state index in [1.165, 1.54) is 0 Å². The quantitative estimate of drug-likeness (QED) is 0.684. The molecule has 2 aromatic carbocycles. The lowest BCUT2D eigenvalue weighted by Gasteiger charge is -2.19. The molecule has 0 aromatic heterocycles. The topological polar surface area (TPSA) is 97.2 Å². The number of rotatable bonds is 6. The summed E-state index contributed by atoms with van der Waals surface area (Å²) in [5.41, 5.74) is 4.45. The fourth-order valence-electron chi connectivity index (χ4n) is 3.79. The number of carbonyl (C=O) groups excluding carboxylic acids is 1. The van der Waals surface area contributed by atoms with Crippen LogP contribution in [0.5, 0.6) is 0 Å². The van der Waals surface area contributed by atoms with Crippen LogP contribution in [0, 0.1) is 0 Å². The summed E-state index contributed by atoms with van der Waals surface area (Å²) in [5.74, 6) is -1.23. The highest BCUT2D eigenvalue weighted by atomic mass is 79.9. The first-order chi connectivity index (χ1) is 14.0. The maximum absolute atomic E-state index is 12.3. The number of ether oxygens (including phenoxy) is 1. The molecule has 7 nitrogen and oxygen atoms in total. The molecule has 1 aliphatic heterocycles. The predicted molar refractivity (Wildman–Crippen MR) is 110 cm³/mol. The van der Waals surface area contributed by atoms with Gasteiger partial charge in [0.15, 0.2) is 0 Å². The van der Waals surface area contributed by atoms with Crippen molar-refractivity contribution >= 4 is 32.6 Å². The monoisotopic (exact) mass is 458 g/mol. The first kappa shape index (κ1) is 19.4. The number of halogens is 1. The molecule has 2 aliphatic rings. The van der Waals surface area contributed by atoms with Gasteiger partial charge in [0, 0.05) is 18.8 Å². The van der Waals surface area contributed by atoms with Gasteiger partial charge in [0.25, 0.3) is 0 Å². The number of benzene rings is 2. The molecule has 1 heterocycles. The Kier molecular flexibility index (Phi) is 5.53.